The predicted octanol–water partition coefficient (Wildman–Crippen LogP) is 0.125. The lowest BCUT2D eigenvalue weighted by molar-refractivity contribution is -0.137. The SMILES string of the molecule is N.N.O=C(O)CCCC[C@@H]1SC[C@@H]2NC(=O)N[C@@H]21.OCCOCCOCCO. The number of aliphatic hydroxyl groups excluding tert-OH is 2. The summed E-state index contributed by atoms with van der Waals surface area (Å²) in [6.45, 7) is 1.73. The van der Waals surface area contributed by atoms with Crippen LogP contribution in [0.2, 0.25) is 0 Å². The third kappa shape index (κ3) is 12.3. The van der Waals surface area contributed by atoms with Crippen molar-refractivity contribution in [3.05, 3.63) is 0 Å². The molecule has 2 heterocycles. The molecule has 0 spiro atoms. The molecule has 2 amide bonds. The van der Waals surface area contributed by atoms with Crippen LogP contribution in [0.15, 0.2) is 0 Å². The number of carboxylic acid groups (broad SMARTS) is 1. The van der Waals surface area contributed by atoms with Gasteiger partial charge in [0.1, 0.15) is 0 Å². The monoisotopic (exact) mass is 428 g/mol. The number of aliphatic hydroxyl groups is 2. The number of urea groups is 1. The largest absolute Gasteiger partial charge is 0.481 e. The Hall–Kier alpha value is -1.15. The van der Waals surface area contributed by atoms with Gasteiger partial charge in [-0.05, 0) is 12.8 Å². The molecule has 0 unspecified atom stereocenters. The summed E-state index contributed by atoms with van der Waals surface area (Å²) in [5.74, 6) is 0.236. The Morgan fingerprint density at radius 2 is 1.64 bits per heavy atom. The van der Waals surface area contributed by atoms with Gasteiger partial charge in [0, 0.05) is 17.4 Å². The van der Waals surface area contributed by atoms with E-state index in [9.17, 15) is 9.59 Å². The molecule has 0 saturated carbocycles. The van der Waals surface area contributed by atoms with Gasteiger partial charge in [-0.3, -0.25) is 4.79 Å². The summed E-state index contributed by atoms with van der Waals surface area (Å²) in [6.07, 6.45) is 2.88. The second-order valence-electron chi connectivity index (χ2n) is 5.93. The Kier molecular flexibility index (Phi) is 18.6. The number of carboxylic acids is 1. The molecule has 2 aliphatic heterocycles. The Morgan fingerprint density at radius 3 is 2.18 bits per heavy atom. The number of ether oxygens (including phenoxy) is 2. The highest BCUT2D eigenvalue weighted by molar-refractivity contribution is 8.00. The molecule has 2 rings (SSSR count). The molecule has 0 aromatic rings. The number of carbonyl (C=O) groups excluding carboxylic acids is 1. The lowest BCUT2D eigenvalue weighted by Gasteiger charge is -2.16. The molecule has 0 aromatic heterocycles. The molecule has 3 atom stereocenters. The van der Waals surface area contributed by atoms with E-state index in [-0.39, 0.29) is 50.1 Å². The summed E-state index contributed by atoms with van der Waals surface area (Å²) in [6, 6.07) is 0.440. The minimum atomic E-state index is -0.729. The van der Waals surface area contributed by atoms with Gasteiger partial charge in [0.2, 0.25) is 0 Å². The van der Waals surface area contributed by atoms with Gasteiger partial charge in [-0.15, -0.1) is 0 Å². The van der Waals surface area contributed by atoms with Gasteiger partial charge in [-0.1, -0.05) is 6.42 Å². The van der Waals surface area contributed by atoms with Gasteiger partial charge in [-0.2, -0.15) is 11.8 Å². The van der Waals surface area contributed by atoms with E-state index in [2.05, 4.69) is 10.6 Å². The third-order valence-corrected chi connectivity index (χ3v) is 5.42. The van der Waals surface area contributed by atoms with Gasteiger partial charge in [0.05, 0.1) is 51.7 Å². The summed E-state index contributed by atoms with van der Waals surface area (Å²) < 4.78 is 9.75. The van der Waals surface area contributed by atoms with Crippen LogP contribution in [0.4, 0.5) is 4.79 Å². The number of carbonyl (C=O) groups is 2. The summed E-state index contributed by atoms with van der Waals surface area (Å²) >= 11 is 1.87. The average Bonchev–Trinajstić information content (AvgIpc) is 3.15. The standard InChI is InChI=1S/C10H16N2O3S.C6H14O4.2H3N/c13-8(14)4-2-1-3-7-9-6(5-16-7)11-10(15)12-9;7-1-3-9-5-6-10-4-2-8;;/h6-7,9H,1-5H2,(H,13,14)(H2,11,12,15);7-8H,1-6H2;2*1H3/t6-,7-,9-;;;/m0.../s1. The first-order chi connectivity index (χ1) is 12.6. The van der Waals surface area contributed by atoms with Crippen molar-refractivity contribution >= 4 is 23.8 Å². The smallest absolute Gasteiger partial charge is 0.315 e. The zero-order valence-electron chi connectivity index (χ0n) is 16.3. The van der Waals surface area contributed by atoms with E-state index in [1.165, 1.54) is 0 Å². The fraction of sp³-hybridized carbons (Fsp3) is 0.875. The van der Waals surface area contributed by atoms with Crippen molar-refractivity contribution in [2.24, 2.45) is 0 Å². The van der Waals surface area contributed by atoms with E-state index >= 15 is 0 Å². The van der Waals surface area contributed by atoms with E-state index in [1.54, 1.807) is 0 Å². The highest BCUT2D eigenvalue weighted by Gasteiger charge is 2.42. The average molecular weight is 429 g/mol. The molecule has 2 saturated heterocycles. The molecular formula is C16H36N4O7S. The Bertz CT molecular complexity index is 412. The summed E-state index contributed by atoms with van der Waals surface area (Å²) in [5.41, 5.74) is 0. The van der Waals surface area contributed by atoms with E-state index in [4.69, 9.17) is 24.8 Å². The van der Waals surface area contributed by atoms with Crippen molar-refractivity contribution in [1.82, 2.24) is 22.9 Å². The minimum Gasteiger partial charge on any atom is -0.481 e. The van der Waals surface area contributed by atoms with Crippen LogP contribution in [0.1, 0.15) is 25.7 Å². The minimum absolute atomic E-state index is 0. The molecule has 2 fully saturated rings. The molecule has 12 heteroatoms. The van der Waals surface area contributed by atoms with Crippen molar-refractivity contribution < 1.29 is 34.4 Å². The van der Waals surface area contributed by atoms with Crippen LogP contribution in [0.25, 0.3) is 0 Å². The number of hydrogen-bond donors (Lipinski definition) is 7. The van der Waals surface area contributed by atoms with Crippen LogP contribution in [0.3, 0.4) is 0 Å². The van der Waals surface area contributed by atoms with Crippen molar-refractivity contribution in [3.63, 3.8) is 0 Å². The molecule has 0 aromatic carbocycles. The van der Waals surface area contributed by atoms with Gasteiger partial charge in [0.25, 0.3) is 0 Å². The third-order valence-electron chi connectivity index (χ3n) is 3.91. The van der Waals surface area contributed by atoms with Gasteiger partial charge in [0.15, 0.2) is 0 Å². The first kappa shape index (κ1) is 29.1. The topological polar surface area (TPSA) is 207 Å². The van der Waals surface area contributed by atoms with Gasteiger partial charge >= 0.3 is 12.0 Å². The van der Waals surface area contributed by atoms with Crippen LogP contribution < -0.4 is 22.9 Å². The van der Waals surface area contributed by atoms with Gasteiger partial charge in [-0.25, -0.2) is 4.79 Å². The first-order valence-electron chi connectivity index (χ1n) is 8.86. The summed E-state index contributed by atoms with van der Waals surface area (Å²) in [5, 5.41) is 31.3. The van der Waals surface area contributed by atoms with Crippen molar-refractivity contribution in [2.45, 2.75) is 43.0 Å². The molecule has 0 radical (unpaired) electrons. The Labute approximate surface area is 170 Å². The van der Waals surface area contributed by atoms with Crippen LogP contribution in [0.5, 0.6) is 0 Å². The first-order valence-corrected chi connectivity index (χ1v) is 9.91. The molecule has 2 aliphatic rings. The van der Waals surface area contributed by atoms with Gasteiger partial charge < -0.3 is 47.7 Å². The van der Waals surface area contributed by atoms with Crippen LogP contribution in [-0.4, -0.2) is 90.0 Å². The molecule has 28 heavy (non-hydrogen) atoms. The van der Waals surface area contributed by atoms with Crippen LogP contribution >= 0.6 is 11.8 Å². The number of hydrogen-bond acceptors (Lipinski definition) is 9. The lowest BCUT2D eigenvalue weighted by Crippen LogP contribution is -2.36. The second kappa shape index (κ2) is 17.9. The number of nitrogens with one attached hydrogen (secondary N) is 2. The maximum Gasteiger partial charge on any atom is 0.315 e. The quantitative estimate of drug-likeness (QED) is 0.165. The predicted molar refractivity (Wildman–Crippen MR) is 107 cm³/mol. The Balaban J connectivity index is 0. The second-order valence-corrected chi connectivity index (χ2v) is 7.21. The summed E-state index contributed by atoms with van der Waals surface area (Å²) in [4.78, 5) is 21.5. The van der Waals surface area contributed by atoms with Crippen molar-refractivity contribution in [2.75, 3.05) is 45.4 Å². The molecule has 0 bridgehead atoms. The molecule has 0 aliphatic carbocycles. The number of fused-ring (bicyclic) bond motifs is 1. The highest BCUT2D eigenvalue weighted by Crippen LogP contribution is 2.33. The number of unbranched alkanes of at least 4 members (excludes halogenated alkanes) is 1. The molecule has 11 nitrogen and oxygen atoms in total. The normalized spacial score (nSPS) is 21.9. The molecule has 168 valence electrons. The number of rotatable bonds is 12. The van der Waals surface area contributed by atoms with E-state index in [0.717, 1.165) is 25.0 Å². The van der Waals surface area contributed by atoms with E-state index < -0.39 is 5.97 Å². The van der Waals surface area contributed by atoms with Crippen LogP contribution in [-0.2, 0) is 14.3 Å². The molecular weight excluding hydrogens is 392 g/mol. The fourth-order valence-electron chi connectivity index (χ4n) is 2.72. The number of amides is 2. The number of thioether (sulfide) groups is 1. The van der Waals surface area contributed by atoms with E-state index in [0.29, 0.717) is 31.7 Å². The summed E-state index contributed by atoms with van der Waals surface area (Å²) in [7, 11) is 0. The zero-order chi connectivity index (χ0) is 19.2. The van der Waals surface area contributed by atoms with E-state index in [1.807, 2.05) is 11.8 Å². The Morgan fingerprint density at radius 1 is 1.04 bits per heavy atom. The highest BCUT2D eigenvalue weighted by atomic mass is 32.2. The van der Waals surface area contributed by atoms with Crippen LogP contribution in [0, 0.1) is 0 Å². The molecule has 11 N–H and O–H groups in total. The lowest BCUT2D eigenvalue weighted by atomic mass is 10.0. The maximum absolute atomic E-state index is 11.1. The van der Waals surface area contributed by atoms with Crippen molar-refractivity contribution in [1.29, 1.82) is 0 Å². The van der Waals surface area contributed by atoms with Crippen molar-refractivity contribution in [3.8, 4) is 0 Å². The fourth-order valence-corrected chi connectivity index (χ4v) is 4.26. The zero-order valence-corrected chi connectivity index (χ0v) is 17.1. The number of aliphatic carboxylic acids is 1. The maximum atomic E-state index is 11.1.